The second kappa shape index (κ2) is 7.62. The molecule has 3 aromatic carbocycles. The summed E-state index contributed by atoms with van der Waals surface area (Å²) < 4.78 is 15.6. The molecule has 0 saturated heterocycles. The molecule has 6 heteroatoms. The van der Waals surface area contributed by atoms with Crippen LogP contribution < -0.4 is 10.2 Å². The van der Waals surface area contributed by atoms with Crippen molar-refractivity contribution in [3.63, 3.8) is 0 Å². The maximum Gasteiger partial charge on any atom is 0.262 e. The number of nitrogens with zero attached hydrogens (tertiary/aromatic N) is 3. The minimum Gasteiger partial charge on any atom is -0.360 e. The summed E-state index contributed by atoms with van der Waals surface area (Å²) in [5, 5.41) is 13.6. The fourth-order valence-electron chi connectivity index (χ4n) is 4.19. The zero-order valence-corrected chi connectivity index (χ0v) is 16.6. The number of rotatable bonds is 4. The van der Waals surface area contributed by atoms with E-state index in [2.05, 4.69) is 11.4 Å². The van der Waals surface area contributed by atoms with Gasteiger partial charge in [-0.25, -0.2) is 4.39 Å². The molecule has 0 fully saturated rings. The van der Waals surface area contributed by atoms with Gasteiger partial charge in [-0.1, -0.05) is 30.3 Å². The van der Waals surface area contributed by atoms with Gasteiger partial charge in [-0.2, -0.15) is 5.26 Å². The number of nitrogens with one attached hydrogen (secondary N) is 1. The number of amides is 1. The monoisotopic (exact) mass is 410 g/mol. The van der Waals surface area contributed by atoms with Crippen molar-refractivity contribution in [3.8, 4) is 6.07 Å². The summed E-state index contributed by atoms with van der Waals surface area (Å²) >= 11 is 0. The molecule has 5 rings (SSSR count). The van der Waals surface area contributed by atoms with Gasteiger partial charge in [0.05, 0.1) is 18.1 Å². The van der Waals surface area contributed by atoms with Gasteiger partial charge < -0.3 is 9.88 Å². The van der Waals surface area contributed by atoms with Crippen molar-refractivity contribution in [3.05, 3.63) is 95.9 Å². The predicted octanol–water partition coefficient (Wildman–Crippen LogP) is 5.47. The van der Waals surface area contributed by atoms with E-state index in [9.17, 15) is 9.18 Å². The van der Waals surface area contributed by atoms with E-state index in [-0.39, 0.29) is 11.7 Å². The van der Waals surface area contributed by atoms with Gasteiger partial charge in [0, 0.05) is 40.6 Å². The molecule has 1 N–H and O–H groups in total. The van der Waals surface area contributed by atoms with E-state index >= 15 is 0 Å². The number of para-hydroxylation sites is 2. The number of fused-ring (bicyclic) bond motifs is 2. The van der Waals surface area contributed by atoms with E-state index in [0.29, 0.717) is 24.2 Å². The normalized spacial score (nSPS) is 15.4. The number of aromatic nitrogens is 1. The lowest BCUT2D eigenvalue weighted by Gasteiger charge is -2.38. The van der Waals surface area contributed by atoms with Crippen LogP contribution in [0, 0.1) is 17.1 Å². The summed E-state index contributed by atoms with van der Waals surface area (Å²) in [6, 6.07) is 23.5. The smallest absolute Gasteiger partial charge is 0.262 e. The molecule has 1 aliphatic heterocycles. The maximum atomic E-state index is 13.6. The van der Waals surface area contributed by atoms with Crippen LogP contribution in [0.1, 0.15) is 28.5 Å². The van der Waals surface area contributed by atoms with E-state index in [1.54, 1.807) is 23.1 Å². The van der Waals surface area contributed by atoms with Crippen LogP contribution in [0.15, 0.2) is 79.0 Å². The topological polar surface area (TPSA) is 61.1 Å². The third-order valence-corrected chi connectivity index (χ3v) is 5.61. The number of aryl methyl sites for hydroxylation is 1. The van der Waals surface area contributed by atoms with Gasteiger partial charge in [-0.3, -0.25) is 9.69 Å². The van der Waals surface area contributed by atoms with Crippen LogP contribution >= 0.6 is 0 Å². The molecule has 0 saturated carbocycles. The fraction of sp³-hybridized carbons (Fsp3) is 0.120. The Morgan fingerprint density at radius 2 is 1.74 bits per heavy atom. The largest absolute Gasteiger partial charge is 0.360 e. The Kier molecular flexibility index (Phi) is 4.64. The van der Waals surface area contributed by atoms with E-state index in [4.69, 9.17) is 5.26 Å². The number of carbonyl (C=O) groups is 1. The Morgan fingerprint density at radius 3 is 2.55 bits per heavy atom. The first kappa shape index (κ1) is 18.9. The lowest BCUT2D eigenvalue weighted by Crippen LogP contribution is -2.43. The molecular formula is C25H19FN4O. The number of anilines is 2. The van der Waals surface area contributed by atoms with Crippen LogP contribution in [0.25, 0.3) is 10.9 Å². The lowest BCUT2D eigenvalue weighted by molar-refractivity contribution is 0.0975. The van der Waals surface area contributed by atoms with Crippen molar-refractivity contribution in [2.45, 2.75) is 19.1 Å². The maximum absolute atomic E-state index is 13.6. The zero-order chi connectivity index (χ0) is 21.4. The van der Waals surface area contributed by atoms with Crippen LogP contribution in [-0.2, 0) is 6.54 Å². The average Bonchev–Trinajstić information content (AvgIpc) is 3.17. The number of carbonyl (C=O) groups excluding carboxylic acids is 1. The minimum atomic E-state index is -0.485. The summed E-state index contributed by atoms with van der Waals surface area (Å²) in [6.07, 6.45) is 1.90. The summed E-state index contributed by atoms with van der Waals surface area (Å²) in [7, 11) is 0. The highest BCUT2D eigenvalue weighted by molar-refractivity contribution is 6.12. The van der Waals surface area contributed by atoms with Gasteiger partial charge in [-0.05, 0) is 42.5 Å². The Balaban J connectivity index is 1.70. The van der Waals surface area contributed by atoms with Gasteiger partial charge in [-0.15, -0.1) is 0 Å². The molecule has 2 heterocycles. The Hall–Kier alpha value is -4.11. The third-order valence-electron chi connectivity index (χ3n) is 5.61. The van der Waals surface area contributed by atoms with Crippen molar-refractivity contribution in [1.29, 1.82) is 5.26 Å². The molecule has 0 bridgehead atoms. The van der Waals surface area contributed by atoms with Crippen LogP contribution in [0.3, 0.4) is 0 Å². The number of halogens is 1. The molecular weight excluding hydrogens is 391 g/mol. The van der Waals surface area contributed by atoms with Crippen molar-refractivity contribution < 1.29 is 9.18 Å². The van der Waals surface area contributed by atoms with Crippen LogP contribution in [0.4, 0.5) is 15.8 Å². The average molecular weight is 410 g/mol. The summed E-state index contributed by atoms with van der Waals surface area (Å²) in [4.78, 5) is 15.2. The second-order valence-corrected chi connectivity index (χ2v) is 7.45. The lowest BCUT2D eigenvalue weighted by atomic mass is 10.0. The second-order valence-electron chi connectivity index (χ2n) is 7.45. The Labute approximate surface area is 178 Å². The number of nitriles is 1. The van der Waals surface area contributed by atoms with Crippen molar-refractivity contribution >= 4 is 28.2 Å². The molecule has 1 atom stereocenters. The van der Waals surface area contributed by atoms with Crippen molar-refractivity contribution in [1.82, 2.24) is 4.57 Å². The first-order valence-corrected chi connectivity index (χ1v) is 10.1. The standard InChI is InChI=1S/C25H19FN4O/c26-17-10-12-18(13-11-17)30-24(28-22-8-3-1-7-20(22)25(30)31)21-16-29(15-5-14-27)23-9-4-2-6-19(21)23/h1-4,6-13,16,24,28H,5,15H2/t24-/m1/s1. The molecule has 1 amide bonds. The summed E-state index contributed by atoms with van der Waals surface area (Å²) in [5.74, 6) is -0.508. The highest BCUT2D eigenvalue weighted by Gasteiger charge is 2.35. The molecule has 152 valence electrons. The number of hydrogen-bond acceptors (Lipinski definition) is 3. The van der Waals surface area contributed by atoms with Gasteiger partial charge in [0.1, 0.15) is 12.0 Å². The van der Waals surface area contributed by atoms with Crippen molar-refractivity contribution in [2.75, 3.05) is 10.2 Å². The Morgan fingerprint density at radius 1 is 1.00 bits per heavy atom. The highest BCUT2D eigenvalue weighted by atomic mass is 19.1. The first-order valence-electron chi connectivity index (χ1n) is 10.1. The molecule has 1 aromatic heterocycles. The molecule has 0 aliphatic carbocycles. The quantitative estimate of drug-likeness (QED) is 0.486. The van der Waals surface area contributed by atoms with Crippen LogP contribution in [-0.4, -0.2) is 10.5 Å². The molecule has 31 heavy (non-hydrogen) atoms. The van der Waals surface area contributed by atoms with E-state index in [1.807, 2.05) is 53.2 Å². The number of hydrogen-bond donors (Lipinski definition) is 1. The van der Waals surface area contributed by atoms with Crippen LogP contribution in [0.2, 0.25) is 0 Å². The Bertz CT molecular complexity index is 1320. The van der Waals surface area contributed by atoms with Gasteiger partial charge >= 0.3 is 0 Å². The van der Waals surface area contributed by atoms with E-state index < -0.39 is 6.17 Å². The SMILES string of the molecule is N#CCCn1cc([C@@H]2Nc3ccccc3C(=O)N2c2ccc(F)cc2)c2ccccc21. The molecule has 0 unspecified atom stereocenters. The van der Waals surface area contributed by atoms with Gasteiger partial charge in [0.25, 0.3) is 5.91 Å². The molecule has 0 spiro atoms. The van der Waals surface area contributed by atoms with E-state index in [0.717, 1.165) is 22.2 Å². The highest BCUT2D eigenvalue weighted by Crippen LogP contribution is 2.39. The minimum absolute atomic E-state index is 0.153. The molecule has 5 nitrogen and oxygen atoms in total. The number of benzene rings is 3. The molecule has 1 aliphatic rings. The van der Waals surface area contributed by atoms with Gasteiger partial charge in [0.15, 0.2) is 0 Å². The van der Waals surface area contributed by atoms with Crippen LogP contribution in [0.5, 0.6) is 0 Å². The fourth-order valence-corrected chi connectivity index (χ4v) is 4.19. The first-order chi connectivity index (χ1) is 15.2. The third kappa shape index (κ3) is 3.21. The van der Waals surface area contributed by atoms with Gasteiger partial charge in [0.2, 0.25) is 0 Å². The zero-order valence-electron chi connectivity index (χ0n) is 16.6. The van der Waals surface area contributed by atoms with Crippen molar-refractivity contribution in [2.24, 2.45) is 0 Å². The summed E-state index contributed by atoms with van der Waals surface area (Å²) in [5.41, 5.74) is 3.84. The predicted molar refractivity (Wildman–Crippen MR) is 118 cm³/mol. The molecule has 4 aromatic rings. The summed E-state index contributed by atoms with van der Waals surface area (Å²) in [6.45, 7) is 0.560. The van der Waals surface area contributed by atoms with E-state index in [1.165, 1.54) is 12.1 Å². The molecule has 0 radical (unpaired) electrons.